The minimum Gasteiger partial charge on any atom is -0.508 e. The van der Waals surface area contributed by atoms with E-state index in [1.807, 2.05) is 42.5 Å². The van der Waals surface area contributed by atoms with Crippen molar-refractivity contribution in [1.82, 2.24) is 4.98 Å². The van der Waals surface area contributed by atoms with Gasteiger partial charge in [-0.1, -0.05) is 61.5 Å². The van der Waals surface area contributed by atoms with Gasteiger partial charge in [0.1, 0.15) is 18.1 Å². The Bertz CT molecular complexity index is 1180. The molecule has 1 heterocycles. The number of hydrogen-bond acceptors (Lipinski definition) is 3. The van der Waals surface area contributed by atoms with Crippen molar-refractivity contribution in [2.75, 3.05) is 0 Å². The maximum Gasteiger partial charge on any atom is 0.130 e. The van der Waals surface area contributed by atoms with Crippen LogP contribution in [0, 0.1) is 5.92 Å². The lowest BCUT2D eigenvalue weighted by molar-refractivity contribution is 0.194. The standard InChI is InChI=1S/C27H25NO2/c1-19-16-27(17-19,21-8-3-2-4-9-21)24-15-23(13-14-26(24)29)30-18-22-12-11-20-7-5-6-10-25(20)28-22/h2-15,19,29H,16-18H2,1H3. The molecule has 1 saturated carbocycles. The molecule has 0 saturated heterocycles. The Hall–Kier alpha value is -3.33. The first kappa shape index (κ1) is 18.7. The van der Waals surface area contributed by atoms with Gasteiger partial charge < -0.3 is 9.84 Å². The molecule has 150 valence electrons. The van der Waals surface area contributed by atoms with Crippen LogP contribution in [0.25, 0.3) is 10.9 Å². The summed E-state index contributed by atoms with van der Waals surface area (Å²) in [5.41, 5.74) is 3.92. The van der Waals surface area contributed by atoms with Crippen LogP contribution >= 0.6 is 0 Å². The summed E-state index contributed by atoms with van der Waals surface area (Å²) >= 11 is 0. The summed E-state index contributed by atoms with van der Waals surface area (Å²) in [6, 6.07) is 28.3. The molecule has 0 amide bonds. The molecular formula is C27H25NO2. The lowest BCUT2D eigenvalue weighted by Gasteiger charge is -2.48. The van der Waals surface area contributed by atoms with Crippen LogP contribution in [0.5, 0.6) is 11.5 Å². The maximum absolute atomic E-state index is 10.7. The summed E-state index contributed by atoms with van der Waals surface area (Å²) in [4.78, 5) is 4.69. The molecule has 1 fully saturated rings. The molecule has 0 bridgehead atoms. The van der Waals surface area contributed by atoms with Gasteiger partial charge in [-0.3, -0.25) is 0 Å². The second-order valence-electron chi connectivity index (χ2n) is 8.42. The lowest BCUT2D eigenvalue weighted by atomic mass is 9.56. The first-order valence-corrected chi connectivity index (χ1v) is 10.5. The van der Waals surface area contributed by atoms with E-state index < -0.39 is 0 Å². The SMILES string of the molecule is CC1CC(c2ccccc2)(c2cc(OCc3ccc4ccccc4n3)ccc2O)C1. The van der Waals surface area contributed by atoms with E-state index in [2.05, 4.69) is 48.3 Å². The van der Waals surface area contributed by atoms with Gasteiger partial charge in [0, 0.05) is 16.4 Å². The van der Waals surface area contributed by atoms with Gasteiger partial charge in [0.15, 0.2) is 0 Å². The molecular weight excluding hydrogens is 370 g/mol. The summed E-state index contributed by atoms with van der Waals surface area (Å²) in [7, 11) is 0. The van der Waals surface area contributed by atoms with E-state index in [1.54, 1.807) is 6.07 Å². The Morgan fingerprint density at radius 1 is 0.933 bits per heavy atom. The zero-order valence-corrected chi connectivity index (χ0v) is 17.1. The first-order valence-electron chi connectivity index (χ1n) is 10.5. The Morgan fingerprint density at radius 3 is 2.50 bits per heavy atom. The number of fused-ring (bicyclic) bond motifs is 1. The van der Waals surface area contributed by atoms with Crippen LogP contribution in [-0.2, 0) is 12.0 Å². The third-order valence-corrected chi connectivity index (χ3v) is 6.25. The molecule has 3 aromatic carbocycles. The molecule has 5 rings (SSSR count). The monoisotopic (exact) mass is 395 g/mol. The van der Waals surface area contributed by atoms with Crippen molar-refractivity contribution in [3.63, 3.8) is 0 Å². The van der Waals surface area contributed by atoms with Gasteiger partial charge in [0.2, 0.25) is 0 Å². The Balaban J connectivity index is 1.43. The summed E-state index contributed by atoms with van der Waals surface area (Å²) in [5, 5.41) is 11.8. The van der Waals surface area contributed by atoms with Crippen LogP contribution < -0.4 is 4.74 Å². The summed E-state index contributed by atoms with van der Waals surface area (Å²) in [6.07, 6.45) is 2.06. The quantitative estimate of drug-likeness (QED) is 0.435. The van der Waals surface area contributed by atoms with E-state index in [4.69, 9.17) is 4.74 Å². The van der Waals surface area contributed by atoms with Crippen LogP contribution in [0.3, 0.4) is 0 Å². The summed E-state index contributed by atoms with van der Waals surface area (Å²) in [6.45, 7) is 2.66. The molecule has 1 N–H and O–H groups in total. The number of hydrogen-bond donors (Lipinski definition) is 1. The average Bonchev–Trinajstić information content (AvgIpc) is 2.77. The zero-order valence-electron chi connectivity index (χ0n) is 17.1. The molecule has 1 aromatic heterocycles. The van der Waals surface area contributed by atoms with Crippen LogP contribution in [0.1, 0.15) is 36.6 Å². The number of phenols is 1. The van der Waals surface area contributed by atoms with Crippen molar-refractivity contribution in [3.05, 3.63) is 102 Å². The Morgan fingerprint density at radius 2 is 1.70 bits per heavy atom. The molecule has 4 aromatic rings. The molecule has 0 atom stereocenters. The van der Waals surface area contributed by atoms with E-state index in [1.165, 1.54) is 5.56 Å². The number of benzene rings is 3. The van der Waals surface area contributed by atoms with Crippen molar-refractivity contribution in [3.8, 4) is 11.5 Å². The number of rotatable bonds is 5. The van der Waals surface area contributed by atoms with Crippen LogP contribution in [-0.4, -0.2) is 10.1 Å². The number of ether oxygens (including phenoxy) is 1. The maximum atomic E-state index is 10.7. The molecule has 3 nitrogen and oxygen atoms in total. The minimum atomic E-state index is -0.147. The number of phenolic OH excluding ortho intramolecular Hbond substituents is 1. The number of pyridine rings is 1. The molecule has 30 heavy (non-hydrogen) atoms. The molecule has 1 aliphatic carbocycles. The highest BCUT2D eigenvalue weighted by Crippen LogP contribution is 2.54. The second kappa shape index (κ2) is 7.49. The summed E-state index contributed by atoms with van der Waals surface area (Å²) in [5.74, 6) is 1.73. The predicted octanol–water partition coefficient (Wildman–Crippen LogP) is 6.24. The van der Waals surface area contributed by atoms with Gasteiger partial charge in [-0.05, 0) is 54.7 Å². The topological polar surface area (TPSA) is 42.4 Å². The number of aromatic hydroxyl groups is 1. The van der Waals surface area contributed by atoms with Gasteiger partial charge in [-0.15, -0.1) is 0 Å². The third-order valence-electron chi connectivity index (χ3n) is 6.25. The van der Waals surface area contributed by atoms with Crippen LogP contribution in [0.4, 0.5) is 0 Å². The first-order chi connectivity index (χ1) is 14.6. The Kier molecular flexibility index (Phi) is 4.66. The normalized spacial score (nSPS) is 20.6. The van der Waals surface area contributed by atoms with E-state index in [0.717, 1.165) is 40.8 Å². The fraction of sp³-hybridized carbons (Fsp3) is 0.222. The highest BCUT2D eigenvalue weighted by atomic mass is 16.5. The molecule has 0 radical (unpaired) electrons. The fourth-order valence-electron chi connectivity index (χ4n) is 4.83. The molecule has 0 aliphatic heterocycles. The zero-order chi connectivity index (χ0) is 20.6. The van der Waals surface area contributed by atoms with Gasteiger partial charge in [-0.2, -0.15) is 0 Å². The number of aromatic nitrogens is 1. The van der Waals surface area contributed by atoms with Crippen LogP contribution in [0.2, 0.25) is 0 Å². The molecule has 0 spiro atoms. The smallest absolute Gasteiger partial charge is 0.130 e. The van der Waals surface area contributed by atoms with Gasteiger partial charge in [-0.25, -0.2) is 4.98 Å². The fourth-order valence-corrected chi connectivity index (χ4v) is 4.83. The molecule has 1 aliphatic rings. The van der Waals surface area contributed by atoms with E-state index in [0.29, 0.717) is 18.3 Å². The Labute approximate surface area is 177 Å². The largest absolute Gasteiger partial charge is 0.508 e. The highest BCUT2D eigenvalue weighted by molar-refractivity contribution is 5.78. The number of para-hydroxylation sites is 1. The van der Waals surface area contributed by atoms with Crippen molar-refractivity contribution in [2.24, 2.45) is 5.92 Å². The van der Waals surface area contributed by atoms with Crippen molar-refractivity contribution < 1.29 is 9.84 Å². The third kappa shape index (κ3) is 3.30. The van der Waals surface area contributed by atoms with Crippen molar-refractivity contribution in [2.45, 2.75) is 31.8 Å². The second-order valence-corrected chi connectivity index (χ2v) is 8.42. The molecule has 3 heteroatoms. The lowest BCUT2D eigenvalue weighted by Crippen LogP contribution is -2.41. The van der Waals surface area contributed by atoms with Crippen molar-refractivity contribution in [1.29, 1.82) is 0 Å². The van der Waals surface area contributed by atoms with Crippen LogP contribution in [0.15, 0.2) is 84.9 Å². The van der Waals surface area contributed by atoms with Gasteiger partial charge >= 0.3 is 0 Å². The highest BCUT2D eigenvalue weighted by Gasteiger charge is 2.46. The predicted molar refractivity (Wildman–Crippen MR) is 120 cm³/mol. The summed E-state index contributed by atoms with van der Waals surface area (Å²) < 4.78 is 6.09. The van der Waals surface area contributed by atoms with E-state index in [-0.39, 0.29) is 5.41 Å². The van der Waals surface area contributed by atoms with E-state index >= 15 is 0 Å². The average molecular weight is 396 g/mol. The van der Waals surface area contributed by atoms with E-state index in [9.17, 15) is 5.11 Å². The van der Waals surface area contributed by atoms with Gasteiger partial charge in [0.05, 0.1) is 11.2 Å². The van der Waals surface area contributed by atoms with Crippen molar-refractivity contribution >= 4 is 10.9 Å². The van der Waals surface area contributed by atoms with Gasteiger partial charge in [0.25, 0.3) is 0 Å². The number of nitrogens with zero attached hydrogens (tertiary/aromatic N) is 1. The molecule has 0 unspecified atom stereocenters. The minimum absolute atomic E-state index is 0.147.